The van der Waals surface area contributed by atoms with Crippen LogP contribution in [-0.4, -0.2) is 34.9 Å². The van der Waals surface area contributed by atoms with Gasteiger partial charge in [0.05, 0.1) is 18.3 Å². The van der Waals surface area contributed by atoms with Crippen LogP contribution in [-0.2, 0) is 4.74 Å². The van der Waals surface area contributed by atoms with Crippen molar-refractivity contribution < 1.29 is 9.84 Å². The molecular weight excluding hydrogens is 196 g/mol. The number of aliphatic hydroxyl groups is 1. The fraction of sp³-hybridized carbons (Fsp3) is 1.00. The summed E-state index contributed by atoms with van der Waals surface area (Å²) in [5.41, 5.74) is 0.282. The van der Waals surface area contributed by atoms with Gasteiger partial charge in [-0.25, -0.2) is 0 Å². The third-order valence-corrected chi connectivity index (χ3v) is 4.47. The molecule has 0 aromatic carbocycles. The second-order valence-corrected chi connectivity index (χ2v) is 5.62. The van der Waals surface area contributed by atoms with Crippen LogP contribution in [0.25, 0.3) is 0 Å². The fourth-order valence-electron chi connectivity index (χ4n) is 2.68. The van der Waals surface area contributed by atoms with Gasteiger partial charge in [-0.15, -0.1) is 0 Å². The monoisotopic (exact) mass is 216 g/mol. The van der Waals surface area contributed by atoms with Gasteiger partial charge in [0, 0.05) is 11.5 Å². The van der Waals surface area contributed by atoms with Gasteiger partial charge < -0.3 is 9.84 Å². The zero-order valence-electron chi connectivity index (χ0n) is 8.71. The van der Waals surface area contributed by atoms with Crippen molar-refractivity contribution in [2.75, 3.05) is 18.1 Å². The van der Waals surface area contributed by atoms with Gasteiger partial charge in [0.2, 0.25) is 0 Å². The highest BCUT2D eigenvalue weighted by atomic mass is 32.2. The van der Waals surface area contributed by atoms with E-state index in [0.29, 0.717) is 12.7 Å². The molecule has 1 unspecified atom stereocenters. The van der Waals surface area contributed by atoms with Gasteiger partial charge in [0.1, 0.15) is 0 Å². The third-order valence-electron chi connectivity index (χ3n) is 3.39. The minimum absolute atomic E-state index is 0.282. The smallest absolute Gasteiger partial charge is 0.0687 e. The molecule has 0 amide bonds. The molecule has 3 heteroatoms. The summed E-state index contributed by atoms with van der Waals surface area (Å²) in [6, 6.07) is 0. The highest BCUT2D eigenvalue weighted by Gasteiger charge is 2.41. The first kappa shape index (κ1) is 10.8. The Bertz CT molecular complexity index is 178. The lowest BCUT2D eigenvalue weighted by atomic mass is 9.98. The number of thioether (sulfide) groups is 1. The van der Waals surface area contributed by atoms with Crippen LogP contribution in [0, 0.1) is 0 Å². The Labute approximate surface area is 90.4 Å². The predicted octanol–water partition coefficient (Wildman–Crippen LogP) is 2.20. The Hall–Kier alpha value is 0.270. The van der Waals surface area contributed by atoms with E-state index in [1.54, 1.807) is 0 Å². The molecule has 0 radical (unpaired) electrons. The molecule has 1 saturated carbocycles. The van der Waals surface area contributed by atoms with Gasteiger partial charge in [0.15, 0.2) is 0 Å². The molecule has 1 aliphatic heterocycles. The minimum atomic E-state index is 0.282. The molecule has 2 aliphatic rings. The molecule has 1 spiro atoms. The maximum Gasteiger partial charge on any atom is 0.0687 e. The van der Waals surface area contributed by atoms with Crippen molar-refractivity contribution >= 4 is 11.8 Å². The maximum absolute atomic E-state index is 8.68. The van der Waals surface area contributed by atoms with Gasteiger partial charge in [-0.2, -0.15) is 11.8 Å². The van der Waals surface area contributed by atoms with Crippen LogP contribution in [0.15, 0.2) is 0 Å². The van der Waals surface area contributed by atoms with Crippen molar-refractivity contribution in [3.05, 3.63) is 0 Å². The third kappa shape index (κ3) is 2.44. The largest absolute Gasteiger partial charge is 0.396 e. The van der Waals surface area contributed by atoms with Crippen LogP contribution in [0.2, 0.25) is 0 Å². The quantitative estimate of drug-likeness (QED) is 0.731. The molecule has 0 aromatic rings. The van der Waals surface area contributed by atoms with E-state index in [2.05, 4.69) is 0 Å². The number of rotatable bonds is 4. The summed E-state index contributed by atoms with van der Waals surface area (Å²) in [5, 5.41) is 8.68. The first-order valence-corrected chi connectivity index (χ1v) is 6.87. The minimum Gasteiger partial charge on any atom is -0.396 e. The van der Waals surface area contributed by atoms with E-state index in [1.807, 2.05) is 11.8 Å². The molecule has 0 bridgehead atoms. The Morgan fingerprint density at radius 2 is 2.07 bits per heavy atom. The van der Waals surface area contributed by atoms with Crippen LogP contribution < -0.4 is 0 Å². The summed E-state index contributed by atoms with van der Waals surface area (Å²) < 4.78 is 6.15. The van der Waals surface area contributed by atoms with Gasteiger partial charge in [-0.05, 0) is 25.7 Å². The zero-order chi connectivity index (χ0) is 9.86. The average molecular weight is 216 g/mol. The van der Waals surface area contributed by atoms with Crippen molar-refractivity contribution in [1.82, 2.24) is 0 Å². The summed E-state index contributed by atoms with van der Waals surface area (Å²) in [4.78, 5) is 0. The summed E-state index contributed by atoms with van der Waals surface area (Å²) in [5.74, 6) is 1.93. The van der Waals surface area contributed by atoms with Crippen molar-refractivity contribution in [2.45, 2.75) is 50.2 Å². The molecule has 1 heterocycles. The molecule has 14 heavy (non-hydrogen) atoms. The molecule has 2 nitrogen and oxygen atoms in total. The number of hydrogen-bond acceptors (Lipinski definition) is 3. The number of hydrogen-bond donors (Lipinski definition) is 1. The number of aliphatic hydroxyl groups excluding tert-OH is 1. The van der Waals surface area contributed by atoms with E-state index in [1.165, 1.54) is 38.5 Å². The topological polar surface area (TPSA) is 29.5 Å². The molecular formula is C11H20O2S. The lowest BCUT2D eigenvalue weighted by Gasteiger charge is -2.23. The van der Waals surface area contributed by atoms with Crippen LogP contribution in [0.4, 0.5) is 0 Å². The van der Waals surface area contributed by atoms with E-state index >= 15 is 0 Å². The molecule has 2 fully saturated rings. The van der Waals surface area contributed by atoms with E-state index in [-0.39, 0.29) is 5.60 Å². The molecule has 1 atom stereocenters. The van der Waals surface area contributed by atoms with Crippen molar-refractivity contribution in [3.8, 4) is 0 Å². The molecule has 0 aromatic heterocycles. The predicted molar refractivity (Wildman–Crippen MR) is 59.7 cm³/mol. The average Bonchev–Trinajstić information content (AvgIpc) is 2.79. The van der Waals surface area contributed by atoms with Gasteiger partial charge in [0.25, 0.3) is 0 Å². The van der Waals surface area contributed by atoms with Crippen molar-refractivity contribution in [3.63, 3.8) is 0 Å². The van der Waals surface area contributed by atoms with Gasteiger partial charge in [-0.3, -0.25) is 0 Å². The van der Waals surface area contributed by atoms with E-state index in [4.69, 9.17) is 9.84 Å². The normalized spacial score (nSPS) is 30.2. The standard InChI is InChI=1S/C11H20O2S/c12-7-8-14-9-10-3-6-11(13-10)4-1-2-5-11/h10,12H,1-9H2. The fourth-order valence-corrected chi connectivity index (χ4v) is 3.47. The lowest BCUT2D eigenvalue weighted by molar-refractivity contribution is -0.0267. The molecule has 2 rings (SSSR count). The summed E-state index contributed by atoms with van der Waals surface area (Å²) in [6.45, 7) is 0.294. The Morgan fingerprint density at radius 3 is 2.79 bits per heavy atom. The van der Waals surface area contributed by atoms with E-state index in [0.717, 1.165) is 11.5 Å². The molecule has 1 aliphatic carbocycles. The zero-order valence-corrected chi connectivity index (χ0v) is 9.52. The Balaban J connectivity index is 1.71. The maximum atomic E-state index is 8.68. The van der Waals surface area contributed by atoms with E-state index in [9.17, 15) is 0 Å². The molecule has 82 valence electrons. The lowest BCUT2D eigenvalue weighted by Crippen LogP contribution is -2.25. The second-order valence-electron chi connectivity index (χ2n) is 4.47. The van der Waals surface area contributed by atoms with Crippen LogP contribution in [0.5, 0.6) is 0 Å². The first-order valence-electron chi connectivity index (χ1n) is 5.71. The van der Waals surface area contributed by atoms with Crippen molar-refractivity contribution in [1.29, 1.82) is 0 Å². The summed E-state index contributed by atoms with van der Waals surface area (Å²) >= 11 is 1.82. The van der Waals surface area contributed by atoms with Crippen LogP contribution in [0.1, 0.15) is 38.5 Å². The highest BCUT2D eigenvalue weighted by molar-refractivity contribution is 7.99. The van der Waals surface area contributed by atoms with Crippen LogP contribution in [0.3, 0.4) is 0 Å². The SMILES string of the molecule is OCCSCC1CCC2(CCCC2)O1. The van der Waals surface area contributed by atoms with Gasteiger partial charge >= 0.3 is 0 Å². The van der Waals surface area contributed by atoms with Gasteiger partial charge in [-0.1, -0.05) is 12.8 Å². The highest BCUT2D eigenvalue weighted by Crippen LogP contribution is 2.43. The second kappa shape index (κ2) is 4.86. The van der Waals surface area contributed by atoms with Crippen LogP contribution >= 0.6 is 11.8 Å². The number of ether oxygens (including phenoxy) is 1. The summed E-state index contributed by atoms with van der Waals surface area (Å²) in [6.07, 6.45) is 8.26. The van der Waals surface area contributed by atoms with Crippen molar-refractivity contribution in [2.24, 2.45) is 0 Å². The Morgan fingerprint density at radius 1 is 1.29 bits per heavy atom. The molecule has 1 N–H and O–H groups in total. The first-order chi connectivity index (χ1) is 6.85. The molecule has 1 saturated heterocycles. The Kier molecular flexibility index (Phi) is 3.74. The summed E-state index contributed by atoms with van der Waals surface area (Å²) in [7, 11) is 0. The van der Waals surface area contributed by atoms with E-state index < -0.39 is 0 Å².